The summed E-state index contributed by atoms with van der Waals surface area (Å²) in [6, 6.07) is 1.40. The van der Waals surface area contributed by atoms with Gasteiger partial charge >= 0.3 is 231 Å². The summed E-state index contributed by atoms with van der Waals surface area (Å²) in [5, 5.41) is 0. The molecule has 5 nitrogen and oxygen atoms in total. The topological polar surface area (TPSA) is 48.0 Å². The molecule has 0 heterocycles. The van der Waals surface area contributed by atoms with Gasteiger partial charge in [0.25, 0.3) is 0 Å². The minimum atomic E-state index is -2.86. The molecule has 0 aliphatic rings. The van der Waals surface area contributed by atoms with E-state index in [1.807, 2.05) is 4.90 Å². The van der Waals surface area contributed by atoms with Gasteiger partial charge < -0.3 is 0 Å². The summed E-state index contributed by atoms with van der Waals surface area (Å²) in [5.41, 5.74) is 0. The van der Waals surface area contributed by atoms with Crippen LogP contribution in [0.15, 0.2) is 0 Å². The molecule has 0 bridgehead atoms. The molecule has 0 N–H and O–H groups in total. The zero-order chi connectivity index (χ0) is 27.8. The quantitative estimate of drug-likeness (QED) is 0.0717. The van der Waals surface area contributed by atoms with Crippen LogP contribution in [-0.4, -0.2) is 73.2 Å². The molecule has 0 fully saturated rings. The van der Waals surface area contributed by atoms with Gasteiger partial charge in [0.15, 0.2) is 0 Å². The number of hydrogen-bond donors (Lipinski definition) is 0. The SMILES string of the molecule is CCC[CH2][Sn]([CH2]CCC)([CH2]CCC)[C@H](C[C@@H](C)OCOCC[Si](C)(C)C)OC(=O)N(C(C)C)C(C)C. The van der Waals surface area contributed by atoms with E-state index in [0.29, 0.717) is 6.79 Å². The fourth-order valence-electron chi connectivity index (χ4n) is 5.04. The molecule has 0 spiro atoms. The van der Waals surface area contributed by atoms with Crippen molar-refractivity contribution < 1.29 is 19.0 Å². The Bertz CT molecular complexity index is 538. The molecule has 7 heteroatoms. The molecule has 0 rings (SSSR count). The average Bonchev–Trinajstić information content (AvgIpc) is 2.77. The van der Waals surface area contributed by atoms with E-state index >= 15 is 0 Å². The zero-order valence-corrected chi connectivity index (χ0v) is 29.9. The van der Waals surface area contributed by atoms with Crippen molar-refractivity contribution in [1.82, 2.24) is 4.90 Å². The van der Waals surface area contributed by atoms with Crippen molar-refractivity contribution >= 4 is 32.5 Å². The van der Waals surface area contributed by atoms with Crippen molar-refractivity contribution in [2.45, 2.75) is 162 Å². The van der Waals surface area contributed by atoms with E-state index in [1.54, 1.807) is 0 Å². The molecule has 0 saturated heterocycles. The van der Waals surface area contributed by atoms with Gasteiger partial charge in [-0.25, -0.2) is 0 Å². The molecule has 0 aliphatic heterocycles. The van der Waals surface area contributed by atoms with Gasteiger partial charge in [0, 0.05) is 0 Å². The predicted octanol–water partition coefficient (Wildman–Crippen LogP) is 9.11. The number of carbonyl (C=O) groups is 1. The molecule has 0 saturated carbocycles. The average molecular weight is 637 g/mol. The minimum absolute atomic E-state index is 0.0159. The summed E-state index contributed by atoms with van der Waals surface area (Å²) in [4.78, 5) is 15.5. The molecular weight excluding hydrogens is 573 g/mol. The van der Waals surface area contributed by atoms with Crippen LogP contribution < -0.4 is 0 Å². The molecule has 0 radical (unpaired) electrons. The fraction of sp³-hybridized carbons (Fsp3) is 0.966. The molecule has 0 aromatic heterocycles. The van der Waals surface area contributed by atoms with Crippen LogP contribution >= 0.6 is 0 Å². The molecule has 0 aliphatic carbocycles. The van der Waals surface area contributed by atoms with E-state index in [9.17, 15) is 4.79 Å². The standard InChI is InChI=1S/C17H36NO4Si.3C4H9.Sn/c1-14(2)18(15(3)4)17(19)21-10-9-16(5)22-13-20-11-12-23(6,7)8;3*1-3-4-2;/h10,14-16H,9,11-13H2,1-8H3;3*1,3-4H2,2H3;/t16-;;;;/m1..../s1. The normalized spacial score (nSPS) is 14.4. The Balaban J connectivity index is 5.81. The van der Waals surface area contributed by atoms with Crippen molar-refractivity contribution in [1.29, 1.82) is 0 Å². The number of rotatable bonds is 21. The Morgan fingerprint density at radius 3 is 1.69 bits per heavy atom. The third-order valence-corrected chi connectivity index (χ3v) is 25.5. The summed E-state index contributed by atoms with van der Waals surface area (Å²) in [5.74, 6) is 0. The van der Waals surface area contributed by atoms with Crippen LogP contribution in [0.3, 0.4) is 0 Å². The summed E-state index contributed by atoms with van der Waals surface area (Å²) >= 11 is -2.86. The Hall–Kier alpha value is 0.206. The second-order valence-electron chi connectivity index (χ2n) is 12.7. The van der Waals surface area contributed by atoms with E-state index in [1.165, 1.54) is 51.8 Å². The van der Waals surface area contributed by atoms with Gasteiger partial charge in [-0.05, 0) is 0 Å². The number of carbonyl (C=O) groups excluding carboxylic acids is 1. The first-order valence-corrected chi connectivity index (χ1v) is 26.4. The van der Waals surface area contributed by atoms with Crippen LogP contribution in [0, 0.1) is 0 Å². The molecule has 0 unspecified atom stereocenters. The molecule has 36 heavy (non-hydrogen) atoms. The van der Waals surface area contributed by atoms with Crippen LogP contribution in [0.2, 0.25) is 39.0 Å². The third-order valence-electron chi connectivity index (χ3n) is 7.31. The molecular formula is C29H63NO4SiSn. The van der Waals surface area contributed by atoms with Crippen LogP contribution in [0.4, 0.5) is 4.79 Å². The first-order chi connectivity index (χ1) is 16.8. The Morgan fingerprint density at radius 2 is 1.31 bits per heavy atom. The van der Waals surface area contributed by atoms with Gasteiger partial charge in [0.05, 0.1) is 0 Å². The van der Waals surface area contributed by atoms with Gasteiger partial charge in [0.1, 0.15) is 0 Å². The van der Waals surface area contributed by atoms with Gasteiger partial charge in [0.2, 0.25) is 0 Å². The Labute approximate surface area is 230 Å². The van der Waals surface area contributed by atoms with Crippen molar-refractivity contribution in [2.75, 3.05) is 13.4 Å². The van der Waals surface area contributed by atoms with E-state index in [0.717, 1.165) is 19.1 Å². The summed E-state index contributed by atoms with van der Waals surface area (Å²) < 4.78 is 22.6. The van der Waals surface area contributed by atoms with Crippen molar-refractivity contribution in [3.8, 4) is 0 Å². The van der Waals surface area contributed by atoms with Crippen LogP contribution in [0.5, 0.6) is 0 Å². The van der Waals surface area contributed by atoms with Gasteiger partial charge in [-0.1, -0.05) is 0 Å². The monoisotopic (exact) mass is 637 g/mol. The van der Waals surface area contributed by atoms with Crippen LogP contribution in [0.25, 0.3) is 0 Å². The van der Waals surface area contributed by atoms with Gasteiger partial charge in [-0.2, -0.15) is 0 Å². The maximum atomic E-state index is 13.6. The first kappa shape index (κ1) is 36.2. The molecule has 1 amide bonds. The second-order valence-corrected chi connectivity index (χ2v) is 32.2. The zero-order valence-electron chi connectivity index (χ0n) is 26.1. The van der Waals surface area contributed by atoms with Crippen LogP contribution in [-0.2, 0) is 14.2 Å². The Morgan fingerprint density at radius 1 is 0.833 bits per heavy atom. The van der Waals surface area contributed by atoms with Crippen LogP contribution in [0.1, 0.15) is 100 Å². The van der Waals surface area contributed by atoms with Gasteiger partial charge in [-0.3, -0.25) is 0 Å². The number of nitrogens with zero attached hydrogens (tertiary/aromatic N) is 1. The molecule has 2 atom stereocenters. The molecule has 0 aromatic carbocycles. The van der Waals surface area contributed by atoms with Crippen molar-refractivity contribution in [2.24, 2.45) is 0 Å². The predicted molar refractivity (Wildman–Crippen MR) is 161 cm³/mol. The molecule has 216 valence electrons. The number of amides is 1. The Kier molecular flexibility index (Phi) is 19.4. The third kappa shape index (κ3) is 15.0. The number of ether oxygens (including phenoxy) is 3. The van der Waals surface area contributed by atoms with E-state index in [-0.39, 0.29) is 28.4 Å². The van der Waals surface area contributed by atoms with Gasteiger partial charge in [-0.15, -0.1) is 0 Å². The van der Waals surface area contributed by atoms with E-state index in [2.05, 4.69) is 75.0 Å². The summed E-state index contributed by atoms with van der Waals surface area (Å²) in [6.07, 6.45) is 8.08. The maximum absolute atomic E-state index is 13.6. The van der Waals surface area contributed by atoms with Crippen molar-refractivity contribution in [3.63, 3.8) is 0 Å². The van der Waals surface area contributed by atoms with Crippen molar-refractivity contribution in [3.05, 3.63) is 0 Å². The second kappa shape index (κ2) is 19.3. The number of hydrogen-bond acceptors (Lipinski definition) is 4. The fourth-order valence-corrected chi connectivity index (χ4v) is 23.1. The molecule has 0 aromatic rings. The van der Waals surface area contributed by atoms with E-state index in [4.69, 9.17) is 14.2 Å². The van der Waals surface area contributed by atoms with E-state index < -0.39 is 26.5 Å². The number of unbranched alkanes of at least 4 members (excludes halogenated alkanes) is 3. The first-order valence-electron chi connectivity index (χ1n) is 15.0. The summed E-state index contributed by atoms with van der Waals surface area (Å²) in [6.45, 7) is 25.6. The summed E-state index contributed by atoms with van der Waals surface area (Å²) in [7, 11) is -1.11.